The number of halogens is 1. The number of carbonyl (C=O) groups is 1. The molecule has 0 atom stereocenters. The van der Waals surface area contributed by atoms with Crippen LogP contribution in [0.4, 0.5) is 5.69 Å². The van der Waals surface area contributed by atoms with Crippen LogP contribution in [0.25, 0.3) is 10.6 Å². The summed E-state index contributed by atoms with van der Waals surface area (Å²) in [5.41, 5.74) is 2.70. The minimum Gasteiger partial charge on any atom is -0.325 e. The summed E-state index contributed by atoms with van der Waals surface area (Å²) >= 11 is 7.31. The second-order valence-electron chi connectivity index (χ2n) is 4.64. The summed E-state index contributed by atoms with van der Waals surface area (Å²) in [7, 11) is 3.72. The largest absolute Gasteiger partial charge is 0.325 e. The molecule has 0 saturated carbocycles. The number of thiazole rings is 1. The second kappa shape index (κ2) is 6.83. The van der Waals surface area contributed by atoms with Gasteiger partial charge in [-0.15, -0.1) is 22.9 Å². The zero-order valence-electron chi connectivity index (χ0n) is 11.4. The Morgan fingerprint density at radius 1 is 1.35 bits per heavy atom. The molecule has 2 aromatic rings. The molecule has 0 bridgehead atoms. The number of benzene rings is 1. The summed E-state index contributed by atoms with van der Waals surface area (Å²) in [4.78, 5) is 17.9. The van der Waals surface area contributed by atoms with E-state index in [1.807, 2.05) is 48.6 Å². The maximum atomic E-state index is 11.6. The van der Waals surface area contributed by atoms with Gasteiger partial charge >= 0.3 is 0 Å². The highest BCUT2D eigenvalue weighted by Gasteiger charge is 2.06. The molecule has 0 aliphatic carbocycles. The summed E-state index contributed by atoms with van der Waals surface area (Å²) in [6.07, 6.45) is 0. The highest BCUT2D eigenvalue weighted by molar-refractivity contribution is 7.13. The monoisotopic (exact) mass is 309 g/mol. The van der Waals surface area contributed by atoms with Gasteiger partial charge in [0, 0.05) is 16.6 Å². The molecule has 0 spiro atoms. The van der Waals surface area contributed by atoms with Gasteiger partial charge in [0.25, 0.3) is 0 Å². The molecule has 6 heteroatoms. The van der Waals surface area contributed by atoms with E-state index in [1.165, 1.54) is 0 Å². The average Bonchev–Trinajstić information content (AvgIpc) is 2.87. The standard InChI is InChI=1S/C14H16ClN3OS/c1-18(2)8-13(19)16-11-5-3-10(4-6-11)14-17-12(7-15)9-20-14/h3-6,9H,7-8H2,1-2H3,(H,16,19). The number of anilines is 1. The number of amides is 1. The number of alkyl halides is 1. The molecule has 1 aromatic heterocycles. The zero-order chi connectivity index (χ0) is 14.5. The minimum atomic E-state index is -0.0265. The van der Waals surface area contributed by atoms with Crippen LogP contribution in [-0.2, 0) is 10.7 Å². The first-order valence-corrected chi connectivity index (χ1v) is 7.55. The third-order valence-corrected chi connectivity index (χ3v) is 3.78. The third-order valence-electron chi connectivity index (χ3n) is 2.56. The Balaban J connectivity index is 2.04. The lowest BCUT2D eigenvalue weighted by Gasteiger charge is -2.10. The Labute approximate surface area is 127 Å². The maximum Gasteiger partial charge on any atom is 0.238 e. The van der Waals surface area contributed by atoms with Gasteiger partial charge in [0.15, 0.2) is 0 Å². The molecular weight excluding hydrogens is 294 g/mol. The van der Waals surface area contributed by atoms with Crippen molar-refractivity contribution >= 4 is 34.5 Å². The van der Waals surface area contributed by atoms with Crippen molar-refractivity contribution in [2.24, 2.45) is 0 Å². The normalized spacial score (nSPS) is 10.8. The van der Waals surface area contributed by atoms with E-state index in [2.05, 4.69) is 10.3 Å². The van der Waals surface area contributed by atoms with E-state index in [0.717, 1.165) is 22.0 Å². The Morgan fingerprint density at radius 2 is 2.05 bits per heavy atom. The Morgan fingerprint density at radius 3 is 2.60 bits per heavy atom. The van der Waals surface area contributed by atoms with Crippen LogP contribution >= 0.6 is 22.9 Å². The highest BCUT2D eigenvalue weighted by Crippen LogP contribution is 2.25. The van der Waals surface area contributed by atoms with E-state index in [0.29, 0.717) is 12.4 Å². The van der Waals surface area contributed by atoms with E-state index in [4.69, 9.17) is 11.6 Å². The molecule has 0 fully saturated rings. The van der Waals surface area contributed by atoms with E-state index < -0.39 is 0 Å². The number of aromatic nitrogens is 1. The van der Waals surface area contributed by atoms with Gasteiger partial charge in [-0.05, 0) is 38.4 Å². The van der Waals surface area contributed by atoms with Gasteiger partial charge in [0.05, 0.1) is 18.1 Å². The van der Waals surface area contributed by atoms with Crippen LogP contribution in [0.15, 0.2) is 29.6 Å². The number of rotatable bonds is 5. The predicted octanol–water partition coefficient (Wildman–Crippen LogP) is 3.05. The lowest BCUT2D eigenvalue weighted by Crippen LogP contribution is -2.26. The summed E-state index contributed by atoms with van der Waals surface area (Å²) < 4.78 is 0. The number of hydrogen-bond donors (Lipinski definition) is 1. The van der Waals surface area contributed by atoms with Crippen molar-refractivity contribution in [1.82, 2.24) is 9.88 Å². The lowest BCUT2D eigenvalue weighted by atomic mass is 10.2. The summed E-state index contributed by atoms with van der Waals surface area (Å²) in [6, 6.07) is 7.65. The number of carbonyl (C=O) groups excluding carboxylic acids is 1. The third kappa shape index (κ3) is 4.03. The molecule has 0 unspecified atom stereocenters. The number of nitrogens with zero attached hydrogens (tertiary/aromatic N) is 2. The molecular formula is C14H16ClN3OS. The van der Waals surface area contributed by atoms with Crippen LogP contribution in [0.2, 0.25) is 0 Å². The van der Waals surface area contributed by atoms with Gasteiger partial charge in [0.1, 0.15) is 5.01 Å². The minimum absolute atomic E-state index is 0.0265. The maximum absolute atomic E-state index is 11.6. The first-order chi connectivity index (χ1) is 9.58. The van der Waals surface area contributed by atoms with Gasteiger partial charge in [-0.1, -0.05) is 0 Å². The number of likely N-dealkylation sites (N-methyl/N-ethyl adjacent to an activating group) is 1. The summed E-state index contributed by atoms with van der Waals surface area (Å²) in [5.74, 6) is 0.399. The van der Waals surface area contributed by atoms with Gasteiger partial charge in [-0.2, -0.15) is 0 Å². The van der Waals surface area contributed by atoms with E-state index in [1.54, 1.807) is 11.3 Å². The summed E-state index contributed by atoms with van der Waals surface area (Å²) in [5, 5.41) is 5.74. The number of hydrogen-bond acceptors (Lipinski definition) is 4. The van der Waals surface area contributed by atoms with Gasteiger partial charge in [0.2, 0.25) is 5.91 Å². The topological polar surface area (TPSA) is 45.2 Å². The van der Waals surface area contributed by atoms with Crippen molar-refractivity contribution in [1.29, 1.82) is 0 Å². The van der Waals surface area contributed by atoms with Crippen molar-refractivity contribution in [2.75, 3.05) is 26.0 Å². The van der Waals surface area contributed by atoms with Crippen LogP contribution in [0.3, 0.4) is 0 Å². The molecule has 1 aromatic carbocycles. The fourth-order valence-electron chi connectivity index (χ4n) is 1.68. The first kappa shape index (κ1) is 15.0. The van der Waals surface area contributed by atoms with Gasteiger partial charge < -0.3 is 10.2 Å². The molecule has 0 radical (unpaired) electrons. The second-order valence-corrected chi connectivity index (χ2v) is 5.77. The van der Waals surface area contributed by atoms with Crippen molar-refractivity contribution in [3.05, 3.63) is 35.3 Å². The van der Waals surface area contributed by atoms with Gasteiger partial charge in [-0.3, -0.25) is 4.79 Å². The van der Waals surface area contributed by atoms with Crippen LogP contribution in [-0.4, -0.2) is 36.4 Å². The van der Waals surface area contributed by atoms with Crippen LogP contribution < -0.4 is 5.32 Å². The van der Waals surface area contributed by atoms with Crippen molar-refractivity contribution in [2.45, 2.75) is 5.88 Å². The fraction of sp³-hybridized carbons (Fsp3) is 0.286. The zero-order valence-corrected chi connectivity index (χ0v) is 13.0. The van der Waals surface area contributed by atoms with E-state index in [9.17, 15) is 4.79 Å². The Bertz CT molecular complexity index is 580. The molecule has 4 nitrogen and oxygen atoms in total. The smallest absolute Gasteiger partial charge is 0.238 e. The molecule has 1 N–H and O–H groups in total. The van der Waals surface area contributed by atoms with E-state index in [-0.39, 0.29) is 5.91 Å². The Hall–Kier alpha value is -1.43. The van der Waals surface area contributed by atoms with Crippen LogP contribution in [0, 0.1) is 0 Å². The summed E-state index contributed by atoms with van der Waals surface area (Å²) in [6.45, 7) is 0.368. The molecule has 2 rings (SSSR count). The molecule has 0 aliphatic rings. The van der Waals surface area contributed by atoms with Gasteiger partial charge in [-0.25, -0.2) is 4.98 Å². The van der Waals surface area contributed by atoms with Crippen molar-refractivity contribution in [3.8, 4) is 10.6 Å². The average molecular weight is 310 g/mol. The quantitative estimate of drug-likeness (QED) is 0.863. The van der Waals surface area contributed by atoms with Crippen LogP contribution in [0.1, 0.15) is 5.69 Å². The molecule has 1 heterocycles. The Kier molecular flexibility index (Phi) is 5.11. The van der Waals surface area contributed by atoms with Crippen molar-refractivity contribution < 1.29 is 4.79 Å². The molecule has 1 amide bonds. The lowest BCUT2D eigenvalue weighted by molar-refractivity contribution is -0.116. The predicted molar refractivity (Wildman–Crippen MR) is 84.3 cm³/mol. The fourth-order valence-corrected chi connectivity index (χ4v) is 2.74. The SMILES string of the molecule is CN(C)CC(=O)Nc1ccc(-c2nc(CCl)cs2)cc1. The highest BCUT2D eigenvalue weighted by atomic mass is 35.5. The number of nitrogens with one attached hydrogen (secondary N) is 1. The molecule has 0 saturated heterocycles. The molecule has 106 valence electrons. The van der Waals surface area contributed by atoms with Crippen LogP contribution in [0.5, 0.6) is 0 Å². The molecule has 0 aliphatic heterocycles. The first-order valence-electron chi connectivity index (χ1n) is 6.14. The van der Waals surface area contributed by atoms with Crippen molar-refractivity contribution in [3.63, 3.8) is 0 Å². The molecule has 20 heavy (non-hydrogen) atoms. The van der Waals surface area contributed by atoms with E-state index >= 15 is 0 Å².